The van der Waals surface area contributed by atoms with E-state index in [0.717, 1.165) is 12.3 Å². The monoisotopic (exact) mass is 470 g/mol. The summed E-state index contributed by atoms with van der Waals surface area (Å²) in [4.78, 5) is 10.2. The number of aliphatic hydroxyl groups excluding tert-OH is 1. The SMILES string of the molecule is C[C@H]1[C@H](O)CN1c1nc(-c2cc(F)c3c(c2)OC[C@@H]3NS(C)(=O)=O)c2c(n1)C(F)(F)CC2. The number of aliphatic hydroxyl groups is 1. The van der Waals surface area contributed by atoms with Crippen molar-refractivity contribution in [2.75, 3.05) is 24.3 Å². The number of anilines is 1. The molecule has 0 spiro atoms. The van der Waals surface area contributed by atoms with E-state index in [1.807, 2.05) is 0 Å². The Bertz CT molecular complexity index is 1220. The minimum absolute atomic E-state index is 0.0357. The number of fused-ring (bicyclic) bond motifs is 2. The van der Waals surface area contributed by atoms with Gasteiger partial charge in [-0.25, -0.2) is 27.5 Å². The van der Waals surface area contributed by atoms with E-state index in [4.69, 9.17) is 4.74 Å². The first kappa shape index (κ1) is 21.4. The number of nitrogens with zero attached hydrogens (tertiary/aromatic N) is 3. The first-order valence-electron chi connectivity index (χ1n) is 10.1. The molecule has 3 heterocycles. The molecule has 1 aliphatic carbocycles. The molecule has 8 nitrogen and oxygen atoms in total. The van der Waals surface area contributed by atoms with E-state index in [1.54, 1.807) is 11.8 Å². The first-order chi connectivity index (χ1) is 14.9. The molecule has 172 valence electrons. The van der Waals surface area contributed by atoms with Crippen LogP contribution < -0.4 is 14.4 Å². The quantitative estimate of drug-likeness (QED) is 0.703. The maximum absolute atomic E-state index is 15.1. The lowest BCUT2D eigenvalue weighted by Crippen LogP contribution is -2.59. The summed E-state index contributed by atoms with van der Waals surface area (Å²) in [6.45, 7) is 1.86. The Balaban J connectivity index is 1.61. The maximum atomic E-state index is 15.1. The van der Waals surface area contributed by atoms with Gasteiger partial charge in [-0.2, -0.15) is 8.78 Å². The molecule has 5 rings (SSSR count). The zero-order valence-corrected chi connectivity index (χ0v) is 18.1. The zero-order chi connectivity index (χ0) is 23.0. The highest BCUT2D eigenvalue weighted by atomic mass is 32.2. The largest absolute Gasteiger partial charge is 0.491 e. The second kappa shape index (κ2) is 7.03. The van der Waals surface area contributed by atoms with E-state index < -0.39 is 40.3 Å². The fraction of sp³-hybridized carbons (Fsp3) is 0.500. The summed E-state index contributed by atoms with van der Waals surface area (Å²) in [6, 6.07) is 1.42. The molecule has 0 amide bonds. The number of nitrogens with one attached hydrogen (secondary N) is 1. The number of alkyl halides is 2. The van der Waals surface area contributed by atoms with Gasteiger partial charge in [0.25, 0.3) is 5.92 Å². The summed E-state index contributed by atoms with van der Waals surface area (Å²) in [6.07, 6.45) is -0.0262. The molecular weight excluding hydrogens is 449 g/mol. The number of aromatic nitrogens is 2. The third-order valence-corrected chi connectivity index (χ3v) is 6.91. The summed E-state index contributed by atoms with van der Waals surface area (Å²) in [7, 11) is -3.60. The highest BCUT2D eigenvalue weighted by Gasteiger charge is 2.45. The Hall–Kier alpha value is -2.44. The summed E-state index contributed by atoms with van der Waals surface area (Å²) in [5, 5.41) is 9.82. The van der Waals surface area contributed by atoms with Crippen molar-refractivity contribution in [2.24, 2.45) is 0 Å². The fourth-order valence-electron chi connectivity index (χ4n) is 4.43. The van der Waals surface area contributed by atoms with Crippen molar-refractivity contribution < 1.29 is 31.4 Å². The summed E-state index contributed by atoms with van der Waals surface area (Å²) >= 11 is 0. The molecule has 3 atom stereocenters. The molecule has 2 aliphatic heterocycles. The van der Waals surface area contributed by atoms with E-state index in [2.05, 4.69) is 14.7 Å². The molecule has 3 aliphatic rings. The van der Waals surface area contributed by atoms with Crippen molar-refractivity contribution in [2.45, 2.75) is 43.9 Å². The van der Waals surface area contributed by atoms with Crippen LogP contribution >= 0.6 is 0 Å². The van der Waals surface area contributed by atoms with Crippen molar-refractivity contribution in [1.82, 2.24) is 14.7 Å². The van der Waals surface area contributed by atoms with E-state index in [-0.39, 0.29) is 65.4 Å². The lowest BCUT2D eigenvalue weighted by molar-refractivity contribution is -0.00603. The van der Waals surface area contributed by atoms with Crippen molar-refractivity contribution in [3.63, 3.8) is 0 Å². The Morgan fingerprint density at radius 2 is 2.06 bits per heavy atom. The Kier molecular flexibility index (Phi) is 4.70. The highest BCUT2D eigenvalue weighted by molar-refractivity contribution is 7.88. The van der Waals surface area contributed by atoms with E-state index in [1.165, 1.54) is 6.07 Å². The van der Waals surface area contributed by atoms with Gasteiger partial charge in [-0.1, -0.05) is 0 Å². The summed E-state index contributed by atoms with van der Waals surface area (Å²) < 4.78 is 75.1. The molecule has 32 heavy (non-hydrogen) atoms. The number of sulfonamides is 1. The normalized spacial score (nSPS) is 25.8. The van der Waals surface area contributed by atoms with Gasteiger partial charge in [0, 0.05) is 24.1 Å². The van der Waals surface area contributed by atoms with Crippen LogP contribution in [0.15, 0.2) is 12.1 Å². The molecule has 0 radical (unpaired) electrons. The molecule has 1 saturated heterocycles. The molecule has 0 unspecified atom stereocenters. The molecule has 1 fully saturated rings. The number of benzene rings is 1. The molecule has 0 saturated carbocycles. The smallest absolute Gasteiger partial charge is 0.290 e. The average molecular weight is 470 g/mol. The van der Waals surface area contributed by atoms with Crippen LogP contribution in [-0.2, 0) is 22.4 Å². The van der Waals surface area contributed by atoms with Gasteiger partial charge < -0.3 is 14.7 Å². The standard InChI is InChI=1S/C20H21F3N4O4S/c1-9-14(28)7-27(9)19-24-17(11-3-4-20(22,23)18(11)25-19)10-5-12(21)16-13(26-32(2,29)30)8-31-15(16)6-10/h5-6,9,13-14,26,28H,3-4,7-8H2,1-2H3/t9-,13-,14+/m0/s1. The van der Waals surface area contributed by atoms with Crippen LogP contribution in [0.2, 0.25) is 0 Å². The minimum Gasteiger partial charge on any atom is -0.491 e. The number of β-amino-alcohol motifs (C(OH)–C–C–N with tert-alkyl or cyclic N) is 1. The molecule has 1 aromatic carbocycles. The van der Waals surface area contributed by atoms with Crippen molar-refractivity contribution >= 4 is 16.0 Å². The Morgan fingerprint density at radius 3 is 2.72 bits per heavy atom. The van der Waals surface area contributed by atoms with Crippen LogP contribution in [-0.4, -0.2) is 55.0 Å². The number of ether oxygens (including phenoxy) is 1. The number of hydrogen-bond donors (Lipinski definition) is 2. The van der Waals surface area contributed by atoms with Gasteiger partial charge in [-0.15, -0.1) is 0 Å². The maximum Gasteiger partial charge on any atom is 0.290 e. The molecule has 1 aromatic heterocycles. The average Bonchev–Trinajstić information content (AvgIpc) is 3.24. The number of hydrogen-bond acceptors (Lipinski definition) is 7. The minimum atomic E-state index is -3.60. The van der Waals surface area contributed by atoms with Gasteiger partial charge in [-0.05, 0) is 25.5 Å². The van der Waals surface area contributed by atoms with E-state index in [0.29, 0.717) is 0 Å². The van der Waals surface area contributed by atoms with Gasteiger partial charge >= 0.3 is 0 Å². The third-order valence-electron chi connectivity index (χ3n) is 6.20. The fourth-order valence-corrected chi connectivity index (χ4v) is 5.13. The molecule has 2 aromatic rings. The number of rotatable bonds is 4. The van der Waals surface area contributed by atoms with Gasteiger partial charge in [0.1, 0.15) is 23.9 Å². The van der Waals surface area contributed by atoms with E-state index in [9.17, 15) is 22.3 Å². The first-order valence-corrected chi connectivity index (χ1v) is 12.0. The van der Waals surface area contributed by atoms with Gasteiger partial charge in [0.05, 0.1) is 35.7 Å². The second-order valence-corrected chi connectivity index (χ2v) is 10.3. The van der Waals surface area contributed by atoms with Crippen LogP contribution in [0.25, 0.3) is 11.3 Å². The van der Waals surface area contributed by atoms with Crippen LogP contribution in [0.4, 0.5) is 19.1 Å². The molecular formula is C20H21F3N4O4S. The van der Waals surface area contributed by atoms with Crippen LogP contribution in [0.5, 0.6) is 5.75 Å². The van der Waals surface area contributed by atoms with Crippen molar-refractivity contribution in [3.8, 4) is 17.0 Å². The number of halogens is 3. The molecule has 12 heteroatoms. The Morgan fingerprint density at radius 1 is 1.31 bits per heavy atom. The summed E-state index contributed by atoms with van der Waals surface area (Å²) in [5.41, 5.74) is 0.350. The Labute approximate surface area is 182 Å². The predicted octanol–water partition coefficient (Wildman–Crippen LogP) is 1.87. The van der Waals surface area contributed by atoms with Crippen LogP contribution in [0.3, 0.4) is 0 Å². The van der Waals surface area contributed by atoms with Gasteiger partial charge in [0.2, 0.25) is 16.0 Å². The molecule has 2 N–H and O–H groups in total. The zero-order valence-electron chi connectivity index (χ0n) is 17.3. The van der Waals surface area contributed by atoms with E-state index >= 15 is 4.39 Å². The molecule has 0 bridgehead atoms. The highest BCUT2D eigenvalue weighted by Crippen LogP contribution is 2.46. The van der Waals surface area contributed by atoms with Gasteiger partial charge in [0.15, 0.2) is 0 Å². The predicted molar refractivity (Wildman–Crippen MR) is 109 cm³/mol. The summed E-state index contributed by atoms with van der Waals surface area (Å²) in [5.74, 6) is -3.67. The van der Waals surface area contributed by atoms with Gasteiger partial charge in [-0.3, -0.25) is 0 Å². The van der Waals surface area contributed by atoms with Crippen LogP contribution in [0, 0.1) is 5.82 Å². The third kappa shape index (κ3) is 3.41. The van der Waals surface area contributed by atoms with Crippen molar-refractivity contribution in [1.29, 1.82) is 0 Å². The topological polar surface area (TPSA) is 105 Å². The lowest BCUT2D eigenvalue weighted by atomic mass is 10.00. The lowest BCUT2D eigenvalue weighted by Gasteiger charge is -2.43. The second-order valence-electron chi connectivity index (χ2n) is 8.49. The van der Waals surface area contributed by atoms with Crippen molar-refractivity contribution in [3.05, 3.63) is 34.8 Å². The van der Waals surface area contributed by atoms with Crippen LogP contribution in [0.1, 0.15) is 36.2 Å².